The highest BCUT2D eigenvalue weighted by Gasteiger charge is 2.25. The van der Waals surface area contributed by atoms with Gasteiger partial charge in [-0.3, -0.25) is 4.79 Å². The summed E-state index contributed by atoms with van der Waals surface area (Å²) in [4.78, 5) is 14.4. The zero-order valence-electron chi connectivity index (χ0n) is 13.9. The first-order chi connectivity index (χ1) is 10.1. The van der Waals surface area contributed by atoms with Gasteiger partial charge in [0.15, 0.2) is 0 Å². The van der Waals surface area contributed by atoms with Gasteiger partial charge in [-0.25, -0.2) is 0 Å². The third-order valence-corrected chi connectivity index (χ3v) is 4.94. The minimum absolute atomic E-state index is 0. The van der Waals surface area contributed by atoms with Crippen LogP contribution in [0.1, 0.15) is 44.7 Å². The SMILES string of the molecule is CC(CC(=O)N(C)C(C)c1ccccc1)C1CCNCC1.Cl. The van der Waals surface area contributed by atoms with Crippen molar-refractivity contribution in [1.82, 2.24) is 10.2 Å². The second kappa shape index (κ2) is 9.16. The van der Waals surface area contributed by atoms with Gasteiger partial charge in [-0.1, -0.05) is 37.3 Å². The number of piperidine rings is 1. The zero-order chi connectivity index (χ0) is 15.2. The lowest BCUT2D eigenvalue weighted by atomic mass is 9.84. The van der Waals surface area contributed by atoms with E-state index in [0.717, 1.165) is 13.1 Å². The molecule has 1 aromatic carbocycles. The maximum Gasteiger partial charge on any atom is 0.223 e. The van der Waals surface area contributed by atoms with Crippen LogP contribution in [0.2, 0.25) is 0 Å². The number of nitrogens with zero attached hydrogens (tertiary/aromatic N) is 1. The van der Waals surface area contributed by atoms with Crippen LogP contribution in [0.4, 0.5) is 0 Å². The fourth-order valence-electron chi connectivity index (χ4n) is 3.17. The molecule has 0 radical (unpaired) electrons. The van der Waals surface area contributed by atoms with Crippen LogP contribution < -0.4 is 5.32 Å². The van der Waals surface area contributed by atoms with Crippen molar-refractivity contribution in [3.05, 3.63) is 35.9 Å². The lowest BCUT2D eigenvalue weighted by molar-refractivity contribution is -0.133. The molecule has 0 saturated carbocycles. The summed E-state index contributed by atoms with van der Waals surface area (Å²) in [6, 6.07) is 10.4. The third kappa shape index (κ3) is 4.99. The average Bonchev–Trinajstić information content (AvgIpc) is 2.55. The molecule has 2 atom stereocenters. The van der Waals surface area contributed by atoms with Crippen molar-refractivity contribution in [1.29, 1.82) is 0 Å². The van der Waals surface area contributed by atoms with Crippen molar-refractivity contribution in [2.45, 2.75) is 39.2 Å². The van der Waals surface area contributed by atoms with E-state index in [0.29, 0.717) is 18.3 Å². The number of carbonyl (C=O) groups is 1. The van der Waals surface area contributed by atoms with E-state index in [1.165, 1.54) is 18.4 Å². The molecule has 1 aromatic rings. The molecule has 3 nitrogen and oxygen atoms in total. The minimum atomic E-state index is 0. The van der Waals surface area contributed by atoms with Crippen LogP contribution >= 0.6 is 12.4 Å². The van der Waals surface area contributed by atoms with Gasteiger partial charge in [0.05, 0.1) is 6.04 Å². The van der Waals surface area contributed by atoms with Crippen LogP contribution in [0.25, 0.3) is 0 Å². The van der Waals surface area contributed by atoms with Crippen LogP contribution in [0, 0.1) is 11.8 Å². The van der Waals surface area contributed by atoms with Crippen molar-refractivity contribution >= 4 is 18.3 Å². The van der Waals surface area contributed by atoms with E-state index >= 15 is 0 Å². The fraction of sp³-hybridized carbons (Fsp3) is 0.611. The number of halogens is 1. The van der Waals surface area contributed by atoms with Gasteiger partial charge in [0.1, 0.15) is 0 Å². The predicted octanol–water partition coefficient (Wildman–Crippen LogP) is 3.65. The summed E-state index contributed by atoms with van der Waals surface area (Å²) in [7, 11) is 1.93. The molecule has 1 fully saturated rings. The molecule has 2 rings (SSSR count). The molecule has 4 heteroatoms. The molecular formula is C18H29ClN2O. The Morgan fingerprint density at radius 3 is 2.41 bits per heavy atom. The minimum Gasteiger partial charge on any atom is -0.339 e. The highest BCUT2D eigenvalue weighted by atomic mass is 35.5. The summed E-state index contributed by atoms with van der Waals surface area (Å²) in [5, 5.41) is 3.39. The first kappa shape index (κ1) is 19.0. The van der Waals surface area contributed by atoms with Gasteiger partial charge in [0, 0.05) is 13.5 Å². The Kier molecular flexibility index (Phi) is 7.91. The standard InChI is InChI=1S/C18H28N2O.ClH/c1-14(16-9-11-19-12-10-16)13-18(21)20(3)15(2)17-7-5-4-6-8-17;/h4-8,14-16,19H,9-13H2,1-3H3;1H. The second-order valence-corrected chi connectivity index (χ2v) is 6.36. The summed E-state index contributed by atoms with van der Waals surface area (Å²) in [6.07, 6.45) is 3.07. The van der Waals surface area contributed by atoms with Crippen molar-refractivity contribution < 1.29 is 4.79 Å². The number of hydrogen-bond acceptors (Lipinski definition) is 2. The monoisotopic (exact) mass is 324 g/mol. The summed E-state index contributed by atoms with van der Waals surface area (Å²) in [6.45, 7) is 6.52. The van der Waals surface area contributed by atoms with E-state index in [1.54, 1.807) is 0 Å². The molecule has 1 N–H and O–H groups in total. The number of hydrogen-bond donors (Lipinski definition) is 1. The largest absolute Gasteiger partial charge is 0.339 e. The van der Waals surface area contributed by atoms with Crippen LogP contribution in [0.5, 0.6) is 0 Å². The Balaban J connectivity index is 0.00000242. The fourth-order valence-corrected chi connectivity index (χ4v) is 3.17. The van der Waals surface area contributed by atoms with E-state index in [-0.39, 0.29) is 24.4 Å². The Hall–Kier alpha value is -1.06. The lowest BCUT2D eigenvalue weighted by Gasteiger charge is -2.31. The van der Waals surface area contributed by atoms with Gasteiger partial charge >= 0.3 is 0 Å². The molecule has 1 aliphatic heterocycles. The number of nitrogens with one attached hydrogen (secondary N) is 1. The molecule has 1 amide bonds. The van der Waals surface area contributed by atoms with Crippen molar-refractivity contribution in [2.75, 3.05) is 20.1 Å². The maximum atomic E-state index is 12.5. The van der Waals surface area contributed by atoms with Gasteiger partial charge < -0.3 is 10.2 Å². The molecule has 1 aliphatic rings. The topological polar surface area (TPSA) is 32.3 Å². The third-order valence-electron chi connectivity index (χ3n) is 4.94. The number of rotatable bonds is 5. The van der Waals surface area contributed by atoms with Crippen LogP contribution in [-0.2, 0) is 4.79 Å². The normalized spacial score (nSPS) is 18.1. The van der Waals surface area contributed by atoms with Crippen molar-refractivity contribution in [3.63, 3.8) is 0 Å². The molecule has 1 saturated heterocycles. The summed E-state index contributed by atoms with van der Waals surface area (Å²) >= 11 is 0. The molecule has 0 spiro atoms. The first-order valence-corrected chi connectivity index (χ1v) is 8.11. The smallest absolute Gasteiger partial charge is 0.223 e. The van der Waals surface area contributed by atoms with E-state index in [1.807, 2.05) is 30.1 Å². The molecule has 0 aromatic heterocycles. The Morgan fingerprint density at radius 2 is 1.82 bits per heavy atom. The predicted molar refractivity (Wildman–Crippen MR) is 94.2 cm³/mol. The van der Waals surface area contributed by atoms with Gasteiger partial charge in [0.25, 0.3) is 0 Å². The molecule has 22 heavy (non-hydrogen) atoms. The van der Waals surface area contributed by atoms with Crippen molar-refractivity contribution in [2.24, 2.45) is 11.8 Å². The highest BCUT2D eigenvalue weighted by Crippen LogP contribution is 2.26. The Morgan fingerprint density at radius 1 is 1.23 bits per heavy atom. The van der Waals surface area contributed by atoms with Gasteiger partial charge in [-0.05, 0) is 50.3 Å². The van der Waals surface area contributed by atoms with E-state index in [4.69, 9.17) is 0 Å². The van der Waals surface area contributed by atoms with Crippen LogP contribution in [0.15, 0.2) is 30.3 Å². The highest BCUT2D eigenvalue weighted by molar-refractivity contribution is 5.85. The van der Waals surface area contributed by atoms with Crippen LogP contribution in [0.3, 0.4) is 0 Å². The number of carbonyl (C=O) groups excluding carboxylic acids is 1. The van der Waals surface area contributed by atoms with Gasteiger partial charge in [-0.2, -0.15) is 0 Å². The first-order valence-electron chi connectivity index (χ1n) is 8.11. The molecule has 0 bridgehead atoms. The molecule has 2 unspecified atom stereocenters. The quantitative estimate of drug-likeness (QED) is 0.896. The Bertz CT molecular complexity index is 446. The maximum absolute atomic E-state index is 12.5. The molecule has 1 heterocycles. The summed E-state index contributed by atoms with van der Waals surface area (Å²) in [5.41, 5.74) is 1.20. The second-order valence-electron chi connectivity index (χ2n) is 6.36. The number of benzene rings is 1. The lowest BCUT2D eigenvalue weighted by Crippen LogP contribution is -2.35. The van der Waals surface area contributed by atoms with E-state index in [9.17, 15) is 4.79 Å². The van der Waals surface area contributed by atoms with Gasteiger partial charge in [-0.15, -0.1) is 12.4 Å². The average molecular weight is 325 g/mol. The zero-order valence-corrected chi connectivity index (χ0v) is 14.7. The van der Waals surface area contributed by atoms with Crippen molar-refractivity contribution in [3.8, 4) is 0 Å². The summed E-state index contributed by atoms with van der Waals surface area (Å²) < 4.78 is 0. The molecule has 124 valence electrons. The van der Waals surface area contributed by atoms with E-state index < -0.39 is 0 Å². The van der Waals surface area contributed by atoms with Crippen LogP contribution in [-0.4, -0.2) is 30.9 Å². The number of amides is 1. The summed E-state index contributed by atoms with van der Waals surface area (Å²) in [5.74, 6) is 1.43. The Labute approximate surface area is 140 Å². The van der Waals surface area contributed by atoms with Gasteiger partial charge in [0.2, 0.25) is 5.91 Å². The van der Waals surface area contributed by atoms with E-state index in [2.05, 4.69) is 31.3 Å². The molecular weight excluding hydrogens is 296 g/mol. The molecule has 0 aliphatic carbocycles.